The highest BCUT2D eigenvalue weighted by Crippen LogP contribution is 2.30. The molecule has 5 nitrogen and oxygen atoms in total. The van der Waals surface area contributed by atoms with Gasteiger partial charge in [0.1, 0.15) is 11.5 Å². The molecule has 0 aromatic heterocycles. The van der Waals surface area contributed by atoms with Gasteiger partial charge in [0.05, 0.1) is 25.9 Å². The van der Waals surface area contributed by atoms with Crippen molar-refractivity contribution in [3.05, 3.63) is 54.1 Å². The first-order valence-electron chi connectivity index (χ1n) is 8.45. The summed E-state index contributed by atoms with van der Waals surface area (Å²) in [6.45, 7) is 4.21. The van der Waals surface area contributed by atoms with Crippen LogP contribution in [0.4, 0.5) is 5.69 Å². The highest BCUT2D eigenvalue weighted by molar-refractivity contribution is 5.98. The minimum atomic E-state index is -0.175. The number of anilines is 1. The highest BCUT2D eigenvalue weighted by Gasteiger charge is 2.32. The van der Waals surface area contributed by atoms with Gasteiger partial charge < -0.3 is 14.4 Å². The third-order valence-corrected chi connectivity index (χ3v) is 4.66. The summed E-state index contributed by atoms with van der Waals surface area (Å²) in [5.74, 6) is 1.46. The molecule has 3 rings (SSSR count). The lowest BCUT2D eigenvalue weighted by Crippen LogP contribution is -2.55. The molecule has 132 valence electrons. The van der Waals surface area contributed by atoms with Crippen LogP contribution in [0.15, 0.2) is 48.5 Å². The summed E-state index contributed by atoms with van der Waals surface area (Å²) < 4.78 is 10.6. The van der Waals surface area contributed by atoms with E-state index in [0.29, 0.717) is 18.0 Å². The fourth-order valence-electron chi connectivity index (χ4n) is 3.15. The summed E-state index contributed by atoms with van der Waals surface area (Å²) in [6.07, 6.45) is 0. The minimum absolute atomic E-state index is 0.0949. The molecular weight excluding hydrogens is 316 g/mol. The van der Waals surface area contributed by atoms with Gasteiger partial charge >= 0.3 is 0 Å². The molecule has 1 atom stereocenters. The van der Waals surface area contributed by atoms with Gasteiger partial charge in [0.2, 0.25) is 5.91 Å². The largest absolute Gasteiger partial charge is 0.497 e. The summed E-state index contributed by atoms with van der Waals surface area (Å²) >= 11 is 0. The van der Waals surface area contributed by atoms with Gasteiger partial charge in [-0.1, -0.05) is 30.3 Å². The van der Waals surface area contributed by atoms with Gasteiger partial charge in [-0.15, -0.1) is 0 Å². The van der Waals surface area contributed by atoms with Gasteiger partial charge in [0.25, 0.3) is 0 Å². The smallest absolute Gasteiger partial charge is 0.244 e. The number of ether oxygens (including phenoxy) is 2. The molecule has 2 aromatic carbocycles. The molecule has 1 aliphatic rings. The molecule has 5 heteroatoms. The van der Waals surface area contributed by atoms with Crippen LogP contribution in [0.1, 0.15) is 12.5 Å². The van der Waals surface area contributed by atoms with E-state index in [0.717, 1.165) is 18.8 Å². The predicted molar refractivity (Wildman–Crippen MR) is 98.2 cm³/mol. The summed E-state index contributed by atoms with van der Waals surface area (Å²) in [5.41, 5.74) is 2.03. The second-order valence-electron chi connectivity index (χ2n) is 6.19. The van der Waals surface area contributed by atoms with Crippen molar-refractivity contribution in [1.29, 1.82) is 0 Å². The zero-order valence-electron chi connectivity index (χ0n) is 14.9. The molecule has 0 N–H and O–H groups in total. The zero-order chi connectivity index (χ0) is 17.8. The Morgan fingerprint density at radius 1 is 1.00 bits per heavy atom. The zero-order valence-corrected chi connectivity index (χ0v) is 14.9. The molecule has 1 heterocycles. The van der Waals surface area contributed by atoms with E-state index in [1.807, 2.05) is 48.2 Å². The number of rotatable bonds is 5. The molecule has 0 bridgehead atoms. The Morgan fingerprint density at radius 2 is 1.64 bits per heavy atom. The van der Waals surface area contributed by atoms with Gasteiger partial charge in [-0.25, -0.2) is 0 Å². The quantitative estimate of drug-likeness (QED) is 0.839. The summed E-state index contributed by atoms with van der Waals surface area (Å²) in [5, 5.41) is 0. The van der Waals surface area contributed by atoms with Gasteiger partial charge in [0, 0.05) is 37.8 Å². The minimum Gasteiger partial charge on any atom is -0.497 e. The fraction of sp³-hybridized carbons (Fsp3) is 0.350. The van der Waals surface area contributed by atoms with Crippen LogP contribution in [0.3, 0.4) is 0 Å². The maximum Gasteiger partial charge on any atom is 0.244 e. The van der Waals surface area contributed by atoms with E-state index in [-0.39, 0.29) is 11.9 Å². The van der Waals surface area contributed by atoms with Crippen molar-refractivity contribution in [2.75, 3.05) is 32.2 Å². The van der Waals surface area contributed by atoms with Crippen molar-refractivity contribution >= 4 is 11.6 Å². The van der Waals surface area contributed by atoms with Crippen LogP contribution >= 0.6 is 0 Å². The first-order chi connectivity index (χ1) is 12.1. The van der Waals surface area contributed by atoms with Crippen molar-refractivity contribution < 1.29 is 14.3 Å². The van der Waals surface area contributed by atoms with Crippen LogP contribution in [-0.2, 0) is 11.3 Å². The number of hydrogen-bond donors (Lipinski definition) is 0. The van der Waals surface area contributed by atoms with Gasteiger partial charge in [-0.2, -0.15) is 0 Å². The Bertz CT molecular complexity index is 711. The first-order valence-corrected chi connectivity index (χ1v) is 8.45. The summed E-state index contributed by atoms with van der Waals surface area (Å²) in [7, 11) is 3.22. The molecule has 1 fully saturated rings. The standard InChI is InChI=1S/C20H24N2O3/c1-15-20(23)22(17-11-18(24-2)13-19(12-17)25-3)10-9-21(15)14-16-7-5-4-6-8-16/h4-8,11-13,15H,9-10,14H2,1-3H3/t15-/m1/s1. The Kier molecular flexibility index (Phi) is 5.24. The predicted octanol–water partition coefficient (Wildman–Crippen LogP) is 2.94. The van der Waals surface area contributed by atoms with Crippen molar-refractivity contribution in [3.8, 4) is 11.5 Å². The second kappa shape index (κ2) is 7.57. The average Bonchev–Trinajstić information content (AvgIpc) is 2.66. The molecule has 0 spiro atoms. The number of amides is 1. The van der Waals surface area contributed by atoms with E-state index >= 15 is 0 Å². The van der Waals surface area contributed by atoms with E-state index < -0.39 is 0 Å². The second-order valence-corrected chi connectivity index (χ2v) is 6.19. The van der Waals surface area contributed by atoms with Gasteiger partial charge in [-0.3, -0.25) is 9.69 Å². The van der Waals surface area contributed by atoms with Crippen LogP contribution in [0.2, 0.25) is 0 Å². The maximum absolute atomic E-state index is 12.9. The van der Waals surface area contributed by atoms with Gasteiger partial charge in [0.15, 0.2) is 0 Å². The topological polar surface area (TPSA) is 42.0 Å². The lowest BCUT2D eigenvalue weighted by molar-refractivity contribution is -0.125. The molecule has 0 radical (unpaired) electrons. The van der Waals surface area contributed by atoms with Crippen LogP contribution < -0.4 is 14.4 Å². The summed E-state index contributed by atoms with van der Waals surface area (Å²) in [6, 6.07) is 15.6. The normalized spacial score (nSPS) is 18.3. The molecular formula is C20H24N2O3. The highest BCUT2D eigenvalue weighted by atomic mass is 16.5. The molecule has 0 aliphatic carbocycles. The Balaban J connectivity index is 1.77. The van der Waals surface area contributed by atoms with E-state index in [4.69, 9.17) is 9.47 Å². The monoisotopic (exact) mass is 340 g/mol. The first kappa shape index (κ1) is 17.3. The van der Waals surface area contributed by atoms with Crippen molar-refractivity contribution in [3.63, 3.8) is 0 Å². The lowest BCUT2D eigenvalue weighted by atomic mass is 10.1. The molecule has 0 unspecified atom stereocenters. The maximum atomic E-state index is 12.9. The molecule has 1 amide bonds. The molecule has 1 saturated heterocycles. The number of hydrogen-bond acceptors (Lipinski definition) is 4. The SMILES string of the molecule is COc1cc(OC)cc(N2CCN(Cc3ccccc3)[C@H](C)C2=O)c1. The number of carbonyl (C=O) groups excluding carboxylic acids is 1. The third-order valence-electron chi connectivity index (χ3n) is 4.66. The van der Waals surface area contributed by atoms with Crippen molar-refractivity contribution in [1.82, 2.24) is 4.90 Å². The Hall–Kier alpha value is -2.53. The molecule has 25 heavy (non-hydrogen) atoms. The summed E-state index contributed by atoms with van der Waals surface area (Å²) in [4.78, 5) is 17.0. The van der Waals surface area contributed by atoms with E-state index in [1.54, 1.807) is 14.2 Å². The Labute approximate surface area is 148 Å². The number of carbonyl (C=O) groups is 1. The Morgan fingerprint density at radius 3 is 2.24 bits per heavy atom. The van der Waals surface area contributed by atoms with Crippen molar-refractivity contribution in [2.24, 2.45) is 0 Å². The lowest BCUT2D eigenvalue weighted by Gasteiger charge is -2.39. The van der Waals surface area contributed by atoms with E-state index in [2.05, 4.69) is 17.0 Å². The van der Waals surface area contributed by atoms with Crippen molar-refractivity contribution in [2.45, 2.75) is 19.5 Å². The number of methoxy groups -OCH3 is 2. The molecule has 1 aliphatic heterocycles. The van der Waals surface area contributed by atoms with Gasteiger partial charge in [-0.05, 0) is 12.5 Å². The molecule has 2 aromatic rings. The molecule has 0 saturated carbocycles. The van der Waals surface area contributed by atoms with E-state index in [9.17, 15) is 4.79 Å². The third kappa shape index (κ3) is 3.77. The number of nitrogens with zero attached hydrogens (tertiary/aromatic N) is 2. The van der Waals surface area contributed by atoms with Crippen LogP contribution in [0.25, 0.3) is 0 Å². The van der Waals surface area contributed by atoms with E-state index in [1.165, 1.54) is 5.56 Å². The van der Waals surface area contributed by atoms with Crippen LogP contribution in [0.5, 0.6) is 11.5 Å². The fourth-order valence-corrected chi connectivity index (χ4v) is 3.15. The van der Waals surface area contributed by atoms with Crippen LogP contribution in [0, 0.1) is 0 Å². The number of piperazine rings is 1. The average molecular weight is 340 g/mol. The van der Waals surface area contributed by atoms with Crippen LogP contribution in [-0.4, -0.2) is 44.2 Å². The number of benzene rings is 2.